The summed E-state index contributed by atoms with van der Waals surface area (Å²) in [4.78, 5) is 9.08. The number of hydrogen-bond donors (Lipinski definition) is 2. The minimum Gasteiger partial charge on any atom is -0.383 e. The summed E-state index contributed by atoms with van der Waals surface area (Å²) in [7, 11) is 0. The van der Waals surface area contributed by atoms with Gasteiger partial charge in [-0.05, 0) is 19.3 Å². The molecular formula is C11H16N4. The zero-order valence-electron chi connectivity index (χ0n) is 8.95. The van der Waals surface area contributed by atoms with E-state index in [2.05, 4.69) is 22.2 Å². The molecule has 80 valence electrons. The Labute approximate surface area is 89.3 Å². The first-order valence-electron chi connectivity index (χ1n) is 5.69. The number of anilines is 1. The van der Waals surface area contributed by atoms with Gasteiger partial charge < -0.3 is 11.1 Å². The molecule has 3 N–H and O–H groups in total. The van der Waals surface area contributed by atoms with Crippen LogP contribution in [0.5, 0.6) is 0 Å². The minimum atomic E-state index is 0.378. The standard InChI is InChI=1S/C11H16N4/c1-2-8-9-7(5-13-8)10(12)15-11(14-9)6-3-4-6/h6,8,13H,2-5H2,1H3,(H2,12,14,15). The van der Waals surface area contributed by atoms with Crippen molar-refractivity contribution in [3.05, 3.63) is 17.1 Å². The molecule has 1 aromatic rings. The normalized spacial score (nSPS) is 24.2. The highest BCUT2D eigenvalue weighted by atomic mass is 15.1. The summed E-state index contributed by atoms with van der Waals surface area (Å²) in [6.07, 6.45) is 3.51. The number of rotatable bonds is 2. The highest BCUT2D eigenvalue weighted by molar-refractivity contribution is 5.46. The molecule has 0 radical (unpaired) electrons. The Balaban J connectivity index is 2.06. The van der Waals surface area contributed by atoms with Crippen molar-refractivity contribution in [2.24, 2.45) is 0 Å². The molecule has 1 atom stereocenters. The number of aromatic nitrogens is 2. The molecule has 0 saturated heterocycles. The quantitative estimate of drug-likeness (QED) is 0.766. The van der Waals surface area contributed by atoms with Crippen molar-refractivity contribution in [2.45, 2.75) is 44.7 Å². The van der Waals surface area contributed by atoms with Crippen LogP contribution < -0.4 is 11.1 Å². The Kier molecular flexibility index (Phi) is 1.92. The lowest BCUT2D eigenvalue weighted by Gasteiger charge is -2.09. The zero-order valence-corrected chi connectivity index (χ0v) is 8.95. The fourth-order valence-corrected chi connectivity index (χ4v) is 2.19. The predicted octanol–water partition coefficient (Wildman–Crippen LogP) is 1.49. The van der Waals surface area contributed by atoms with E-state index in [1.807, 2.05) is 0 Å². The molecular weight excluding hydrogens is 188 g/mol. The van der Waals surface area contributed by atoms with Gasteiger partial charge in [0.05, 0.1) is 11.7 Å². The van der Waals surface area contributed by atoms with Gasteiger partial charge in [0.1, 0.15) is 11.6 Å². The van der Waals surface area contributed by atoms with Crippen LogP contribution in [-0.4, -0.2) is 9.97 Å². The van der Waals surface area contributed by atoms with Gasteiger partial charge in [-0.15, -0.1) is 0 Å². The number of nitrogen functional groups attached to an aromatic ring is 1. The maximum atomic E-state index is 5.96. The molecule has 0 spiro atoms. The average molecular weight is 204 g/mol. The van der Waals surface area contributed by atoms with E-state index in [4.69, 9.17) is 5.73 Å². The van der Waals surface area contributed by atoms with Crippen molar-refractivity contribution in [1.82, 2.24) is 15.3 Å². The van der Waals surface area contributed by atoms with Crippen molar-refractivity contribution in [3.8, 4) is 0 Å². The smallest absolute Gasteiger partial charge is 0.134 e. The van der Waals surface area contributed by atoms with Crippen LogP contribution in [-0.2, 0) is 6.54 Å². The highest BCUT2D eigenvalue weighted by Gasteiger charge is 2.31. The van der Waals surface area contributed by atoms with Crippen LogP contribution >= 0.6 is 0 Å². The van der Waals surface area contributed by atoms with Crippen LogP contribution in [0, 0.1) is 0 Å². The molecule has 0 amide bonds. The van der Waals surface area contributed by atoms with E-state index in [0.717, 1.165) is 30.0 Å². The maximum Gasteiger partial charge on any atom is 0.134 e. The SMILES string of the molecule is CCC1NCc2c(N)nc(C3CC3)nc21. The first kappa shape index (κ1) is 9.09. The molecule has 1 unspecified atom stereocenters. The van der Waals surface area contributed by atoms with E-state index in [1.54, 1.807) is 0 Å². The molecule has 1 aliphatic carbocycles. The fraction of sp³-hybridized carbons (Fsp3) is 0.636. The van der Waals surface area contributed by atoms with Crippen LogP contribution in [0.25, 0.3) is 0 Å². The van der Waals surface area contributed by atoms with Gasteiger partial charge in [0.25, 0.3) is 0 Å². The zero-order chi connectivity index (χ0) is 10.4. The lowest BCUT2D eigenvalue weighted by atomic mass is 10.1. The van der Waals surface area contributed by atoms with Gasteiger partial charge >= 0.3 is 0 Å². The molecule has 1 aliphatic heterocycles. The van der Waals surface area contributed by atoms with Crippen LogP contribution in [0.3, 0.4) is 0 Å². The van der Waals surface area contributed by atoms with E-state index in [9.17, 15) is 0 Å². The van der Waals surface area contributed by atoms with Crippen molar-refractivity contribution in [1.29, 1.82) is 0 Å². The molecule has 1 aromatic heterocycles. The molecule has 0 bridgehead atoms. The second-order valence-electron chi connectivity index (χ2n) is 4.45. The summed E-state index contributed by atoms with van der Waals surface area (Å²) in [5, 5.41) is 3.42. The molecule has 4 heteroatoms. The number of nitrogens with zero attached hydrogens (tertiary/aromatic N) is 2. The van der Waals surface area contributed by atoms with Crippen molar-refractivity contribution >= 4 is 5.82 Å². The van der Waals surface area contributed by atoms with Crippen molar-refractivity contribution < 1.29 is 0 Å². The second-order valence-corrected chi connectivity index (χ2v) is 4.45. The van der Waals surface area contributed by atoms with E-state index < -0.39 is 0 Å². The molecule has 1 fully saturated rings. The third-order valence-corrected chi connectivity index (χ3v) is 3.29. The van der Waals surface area contributed by atoms with Gasteiger partial charge in [-0.1, -0.05) is 6.92 Å². The summed E-state index contributed by atoms with van der Waals surface area (Å²) in [5.41, 5.74) is 8.23. The van der Waals surface area contributed by atoms with Crippen molar-refractivity contribution in [2.75, 3.05) is 5.73 Å². The Hall–Kier alpha value is -1.16. The summed E-state index contributed by atoms with van der Waals surface area (Å²) in [6.45, 7) is 2.99. The predicted molar refractivity (Wildman–Crippen MR) is 58.3 cm³/mol. The largest absolute Gasteiger partial charge is 0.383 e. The summed E-state index contributed by atoms with van der Waals surface area (Å²) < 4.78 is 0. The summed E-state index contributed by atoms with van der Waals surface area (Å²) in [6, 6.07) is 0.378. The average Bonchev–Trinajstić information content (AvgIpc) is 2.99. The summed E-state index contributed by atoms with van der Waals surface area (Å²) >= 11 is 0. The van der Waals surface area contributed by atoms with Gasteiger partial charge in [0, 0.05) is 18.0 Å². The van der Waals surface area contributed by atoms with Crippen LogP contribution in [0.4, 0.5) is 5.82 Å². The lowest BCUT2D eigenvalue weighted by Crippen LogP contribution is -2.11. The van der Waals surface area contributed by atoms with E-state index in [0.29, 0.717) is 17.8 Å². The Morgan fingerprint density at radius 1 is 1.40 bits per heavy atom. The number of hydrogen-bond acceptors (Lipinski definition) is 4. The topological polar surface area (TPSA) is 63.8 Å². The Bertz CT molecular complexity index is 398. The molecule has 0 aromatic carbocycles. The maximum absolute atomic E-state index is 5.96. The third kappa shape index (κ3) is 1.40. The van der Waals surface area contributed by atoms with E-state index in [1.165, 1.54) is 12.8 Å². The Morgan fingerprint density at radius 3 is 2.87 bits per heavy atom. The second kappa shape index (κ2) is 3.17. The lowest BCUT2D eigenvalue weighted by molar-refractivity contribution is 0.556. The number of nitrogens with two attached hydrogens (primary N) is 1. The van der Waals surface area contributed by atoms with Gasteiger partial charge in [0.15, 0.2) is 0 Å². The minimum absolute atomic E-state index is 0.378. The molecule has 2 aliphatic rings. The van der Waals surface area contributed by atoms with Crippen LogP contribution in [0.2, 0.25) is 0 Å². The first-order valence-corrected chi connectivity index (χ1v) is 5.69. The Morgan fingerprint density at radius 2 is 2.20 bits per heavy atom. The number of fused-ring (bicyclic) bond motifs is 1. The monoisotopic (exact) mass is 204 g/mol. The van der Waals surface area contributed by atoms with E-state index in [-0.39, 0.29) is 0 Å². The van der Waals surface area contributed by atoms with Gasteiger partial charge in [-0.2, -0.15) is 0 Å². The molecule has 2 heterocycles. The van der Waals surface area contributed by atoms with Crippen molar-refractivity contribution in [3.63, 3.8) is 0 Å². The highest BCUT2D eigenvalue weighted by Crippen LogP contribution is 2.40. The van der Waals surface area contributed by atoms with Gasteiger partial charge in [0.2, 0.25) is 0 Å². The van der Waals surface area contributed by atoms with Gasteiger partial charge in [-0.3, -0.25) is 0 Å². The molecule has 1 saturated carbocycles. The molecule has 3 rings (SSSR count). The number of nitrogens with one attached hydrogen (secondary N) is 1. The molecule has 15 heavy (non-hydrogen) atoms. The van der Waals surface area contributed by atoms with Crippen LogP contribution in [0.15, 0.2) is 0 Å². The summed E-state index contributed by atoms with van der Waals surface area (Å²) in [5.74, 6) is 2.23. The fourth-order valence-electron chi connectivity index (χ4n) is 2.19. The first-order chi connectivity index (χ1) is 7.29. The van der Waals surface area contributed by atoms with E-state index >= 15 is 0 Å². The third-order valence-electron chi connectivity index (χ3n) is 3.29. The van der Waals surface area contributed by atoms with Crippen LogP contribution in [0.1, 0.15) is 55.2 Å². The van der Waals surface area contributed by atoms with Gasteiger partial charge in [-0.25, -0.2) is 9.97 Å². The molecule has 4 nitrogen and oxygen atoms in total.